The Morgan fingerprint density at radius 3 is 1.29 bits per heavy atom. The smallest absolute Gasteiger partial charge is 0.307 e. The van der Waals surface area contributed by atoms with Gasteiger partial charge in [-0.05, 0) is 32.7 Å². The van der Waals surface area contributed by atoms with E-state index in [1.54, 1.807) is 0 Å². The Morgan fingerprint density at radius 1 is 0.536 bits per heavy atom. The van der Waals surface area contributed by atoms with Crippen molar-refractivity contribution in [3.05, 3.63) is 96.1 Å². The van der Waals surface area contributed by atoms with Gasteiger partial charge in [-0.1, -0.05) is 84.9 Å². The Labute approximate surface area is 162 Å². The van der Waals surface area contributed by atoms with Crippen molar-refractivity contribution in [3.63, 3.8) is 0 Å². The maximum Gasteiger partial charge on any atom is 0.307 e. The van der Waals surface area contributed by atoms with Crippen molar-refractivity contribution >= 4 is 33.5 Å². The van der Waals surface area contributed by atoms with Gasteiger partial charge in [-0.3, -0.25) is 9.59 Å². The Bertz CT molecular complexity index is 1030. The van der Waals surface area contributed by atoms with Gasteiger partial charge < -0.3 is 10.2 Å². The van der Waals surface area contributed by atoms with E-state index in [4.69, 9.17) is 10.2 Å². The number of hydrogen-bond donors (Lipinski definition) is 2. The second kappa shape index (κ2) is 8.82. The fourth-order valence-corrected chi connectivity index (χ4v) is 3.22. The van der Waals surface area contributed by atoms with Crippen molar-refractivity contribution in [2.24, 2.45) is 0 Å². The summed E-state index contributed by atoms with van der Waals surface area (Å²) in [6.07, 6.45) is 0.169. The van der Waals surface area contributed by atoms with Crippen LogP contribution in [-0.4, -0.2) is 22.2 Å². The molecule has 0 spiro atoms. The summed E-state index contributed by atoms with van der Waals surface area (Å²) >= 11 is 0. The molecule has 0 aliphatic carbocycles. The third-order valence-corrected chi connectivity index (χ3v) is 4.44. The first-order chi connectivity index (χ1) is 13.5. The molecular formula is C24H20O4. The average molecular weight is 372 g/mol. The lowest BCUT2D eigenvalue weighted by molar-refractivity contribution is -0.137. The molecule has 0 aliphatic rings. The molecule has 0 saturated heterocycles. The van der Waals surface area contributed by atoms with Crippen LogP contribution in [0.25, 0.3) is 21.5 Å². The predicted molar refractivity (Wildman–Crippen MR) is 111 cm³/mol. The molecular weight excluding hydrogens is 352 g/mol. The molecule has 0 unspecified atom stereocenters. The molecule has 0 saturated carbocycles. The third kappa shape index (κ3) is 4.74. The zero-order chi connectivity index (χ0) is 19.9. The largest absolute Gasteiger partial charge is 0.481 e. The number of benzene rings is 4. The van der Waals surface area contributed by atoms with Gasteiger partial charge in [0.15, 0.2) is 0 Å². The van der Waals surface area contributed by atoms with Crippen LogP contribution >= 0.6 is 0 Å². The maximum absolute atomic E-state index is 10.6. The topological polar surface area (TPSA) is 74.6 Å². The highest BCUT2D eigenvalue weighted by Gasteiger charge is 2.04. The molecule has 28 heavy (non-hydrogen) atoms. The number of carboxylic acid groups (broad SMARTS) is 2. The lowest BCUT2D eigenvalue weighted by Gasteiger charge is -2.02. The maximum atomic E-state index is 10.6. The minimum Gasteiger partial charge on any atom is -0.481 e. The van der Waals surface area contributed by atoms with Crippen LogP contribution in [-0.2, 0) is 22.4 Å². The Balaban J connectivity index is 0.000000161. The van der Waals surface area contributed by atoms with E-state index in [9.17, 15) is 9.59 Å². The summed E-state index contributed by atoms with van der Waals surface area (Å²) in [6.45, 7) is 0. The van der Waals surface area contributed by atoms with Crippen molar-refractivity contribution in [2.45, 2.75) is 12.8 Å². The summed E-state index contributed by atoms with van der Waals surface area (Å²) in [6, 6.07) is 27.1. The zero-order valence-corrected chi connectivity index (χ0v) is 15.2. The van der Waals surface area contributed by atoms with Crippen LogP contribution in [0.2, 0.25) is 0 Å². The molecule has 4 rings (SSSR count). The van der Waals surface area contributed by atoms with Gasteiger partial charge in [-0.2, -0.15) is 0 Å². The molecule has 0 bridgehead atoms. The first-order valence-electron chi connectivity index (χ1n) is 8.91. The standard InChI is InChI=1S/2C12H10O2/c2*13-12(14)8-10-6-3-5-9-4-1-2-7-11(9)10/h2*1-7H,8H2,(H,13,14). The lowest BCUT2D eigenvalue weighted by atomic mass is 10.0. The van der Waals surface area contributed by atoms with Crippen molar-refractivity contribution in [1.82, 2.24) is 0 Å². The van der Waals surface area contributed by atoms with Crippen LogP contribution < -0.4 is 0 Å². The summed E-state index contributed by atoms with van der Waals surface area (Å²) in [5.41, 5.74) is 1.74. The molecule has 4 aromatic carbocycles. The van der Waals surface area contributed by atoms with Crippen molar-refractivity contribution in [1.29, 1.82) is 0 Å². The zero-order valence-electron chi connectivity index (χ0n) is 15.2. The van der Waals surface area contributed by atoms with Gasteiger partial charge in [0.25, 0.3) is 0 Å². The molecule has 0 aromatic heterocycles. The third-order valence-electron chi connectivity index (χ3n) is 4.44. The normalized spacial score (nSPS) is 10.3. The van der Waals surface area contributed by atoms with E-state index in [2.05, 4.69) is 0 Å². The fourth-order valence-electron chi connectivity index (χ4n) is 3.22. The van der Waals surface area contributed by atoms with E-state index in [0.717, 1.165) is 32.7 Å². The van der Waals surface area contributed by atoms with Gasteiger partial charge in [0.2, 0.25) is 0 Å². The van der Waals surface area contributed by atoms with Crippen molar-refractivity contribution in [3.8, 4) is 0 Å². The van der Waals surface area contributed by atoms with E-state index in [-0.39, 0.29) is 12.8 Å². The highest BCUT2D eigenvalue weighted by atomic mass is 16.4. The summed E-state index contributed by atoms with van der Waals surface area (Å²) in [5, 5.41) is 21.7. The summed E-state index contributed by atoms with van der Waals surface area (Å²) in [4.78, 5) is 21.2. The number of carboxylic acids is 2. The molecule has 0 aliphatic heterocycles. The van der Waals surface area contributed by atoms with Crippen LogP contribution in [0.4, 0.5) is 0 Å². The number of fused-ring (bicyclic) bond motifs is 2. The molecule has 4 heteroatoms. The van der Waals surface area contributed by atoms with E-state index >= 15 is 0 Å². The van der Waals surface area contributed by atoms with Gasteiger partial charge >= 0.3 is 11.9 Å². The summed E-state index contributed by atoms with van der Waals surface area (Å²) in [5.74, 6) is -1.58. The predicted octanol–water partition coefficient (Wildman–Crippen LogP) is 4.93. The molecule has 140 valence electrons. The first-order valence-corrected chi connectivity index (χ1v) is 8.91. The second-order valence-electron chi connectivity index (χ2n) is 6.42. The van der Waals surface area contributed by atoms with Crippen LogP contribution in [0.15, 0.2) is 84.9 Å². The number of rotatable bonds is 4. The minimum atomic E-state index is -0.790. The molecule has 0 atom stereocenters. The SMILES string of the molecule is O=C(O)Cc1cccc2ccccc12.O=C(O)Cc1cccc2ccccc12. The van der Waals surface area contributed by atoms with Crippen LogP contribution in [0.3, 0.4) is 0 Å². The van der Waals surface area contributed by atoms with Crippen LogP contribution in [0.5, 0.6) is 0 Å². The molecule has 0 amide bonds. The quantitative estimate of drug-likeness (QED) is 0.532. The lowest BCUT2D eigenvalue weighted by Crippen LogP contribution is -2.00. The monoisotopic (exact) mass is 372 g/mol. The highest BCUT2D eigenvalue weighted by molar-refractivity contribution is 5.89. The van der Waals surface area contributed by atoms with Gasteiger partial charge in [0.05, 0.1) is 12.8 Å². The molecule has 0 fully saturated rings. The van der Waals surface area contributed by atoms with Crippen molar-refractivity contribution in [2.75, 3.05) is 0 Å². The first kappa shape index (κ1) is 19.1. The van der Waals surface area contributed by atoms with Gasteiger partial charge in [0, 0.05) is 0 Å². The summed E-state index contributed by atoms with van der Waals surface area (Å²) < 4.78 is 0. The molecule has 0 radical (unpaired) electrons. The van der Waals surface area contributed by atoms with E-state index in [0.29, 0.717) is 0 Å². The van der Waals surface area contributed by atoms with Gasteiger partial charge in [-0.15, -0.1) is 0 Å². The van der Waals surface area contributed by atoms with Gasteiger partial charge in [-0.25, -0.2) is 0 Å². The fraction of sp³-hybridized carbons (Fsp3) is 0.0833. The van der Waals surface area contributed by atoms with Crippen LogP contribution in [0.1, 0.15) is 11.1 Å². The summed E-state index contributed by atoms with van der Waals surface area (Å²) in [7, 11) is 0. The molecule has 4 nitrogen and oxygen atoms in total. The molecule has 4 aromatic rings. The second-order valence-corrected chi connectivity index (χ2v) is 6.42. The minimum absolute atomic E-state index is 0.0847. The number of aliphatic carboxylic acids is 2. The van der Waals surface area contributed by atoms with E-state index < -0.39 is 11.9 Å². The Kier molecular flexibility index (Phi) is 6.02. The van der Waals surface area contributed by atoms with E-state index in [1.165, 1.54) is 0 Å². The van der Waals surface area contributed by atoms with Gasteiger partial charge in [0.1, 0.15) is 0 Å². The Hall–Kier alpha value is -3.66. The molecule has 2 N–H and O–H groups in total. The molecule has 0 heterocycles. The Morgan fingerprint density at radius 2 is 0.893 bits per heavy atom. The number of hydrogen-bond acceptors (Lipinski definition) is 2. The number of carbonyl (C=O) groups is 2. The van der Waals surface area contributed by atoms with E-state index in [1.807, 2.05) is 84.9 Å². The highest BCUT2D eigenvalue weighted by Crippen LogP contribution is 2.19. The van der Waals surface area contributed by atoms with Crippen LogP contribution in [0, 0.1) is 0 Å². The average Bonchev–Trinajstić information content (AvgIpc) is 2.68. The van der Waals surface area contributed by atoms with Crippen molar-refractivity contribution < 1.29 is 19.8 Å².